The maximum atomic E-state index is 13.2. The summed E-state index contributed by atoms with van der Waals surface area (Å²) in [7, 11) is 0. The quantitative estimate of drug-likeness (QED) is 0.884. The van der Waals surface area contributed by atoms with Gasteiger partial charge in [-0.25, -0.2) is 9.97 Å². The Hall–Kier alpha value is -2.31. The van der Waals surface area contributed by atoms with Gasteiger partial charge >= 0.3 is 0 Å². The number of amides is 1. The van der Waals surface area contributed by atoms with Crippen LogP contribution >= 0.6 is 0 Å². The molecule has 1 aromatic heterocycles. The summed E-state index contributed by atoms with van der Waals surface area (Å²) in [4.78, 5) is 24.4. The van der Waals surface area contributed by atoms with Gasteiger partial charge in [0.05, 0.1) is 18.3 Å². The molecule has 1 N–H and O–H groups in total. The average molecular weight is 364 g/mol. The molecule has 0 aliphatic carbocycles. The highest BCUT2D eigenvalue weighted by Crippen LogP contribution is 2.30. The summed E-state index contributed by atoms with van der Waals surface area (Å²) in [5, 5.41) is 3.45. The summed E-state index contributed by atoms with van der Waals surface area (Å²) in [6, 6.07) is 8.39. The Morgan fingerprint density at radius 1 is 1.22 bits per heavy atom. The second-order valence-corrected chi connectivity index (χ2v) is 7.56. The highest BCUT2D eigenvalue weighted by molar-refractivity contribution is 5.83. The normalized spacial score (nSPS) is 24.4. The zero-order valence-electron chi connectivity index (χ0n) is 15.4. The van der Waals surface area contributed by atoms with Crippen molar-refractivity contribution in [3.8, 4) is 0 Å². The first-order valence-corrected chi connectivity index (χ1v) is 9.86. The molecule has 5 rings (SSSR count). The number of nitrogens with one attached hydrogen (secondary N) is 1. The third-order valence-electron chi connectivity index (χ3n) is 5.85. The number of ether oxygens (including phenoxy) is 1. The first-order chi connectivity index (χ1) is 13.3. The predicted octanol–water partition coefficient (Wildman–Crippen LogP) is 2.10. The third kappa shape index (κ3) is 3.13. The van der Waals surface area contributed by atoms with E-state index in [1.165, 1.54) is 12.0 Å². The minimum atomic E-state index is -0.487. The van der Waals surface area contributed by atoms with Crippen molar-refractivity contribution in [3.63, 3.8) is 0 Å². The molecule has 1 fully saturated rings. The third-order valence-corrected chi connectivity index (χ3v) is 5.85. The van der Waals surface area contributed by atoms with Gasteiger partial charge in [0.15, 0.2) is 6.10 Å². The first-order valence-electron chi connectivity index (χ1n) is 9.86. The Kier molecular flexibility index (Phi) is 4.38. The maximum absolute atomic E-state index is 13.2. The first kappa shape index (κ1) is 16.8. The van der Waals surface area contributed by atoms with Crippen molar-refractivity contribution < 1.29 is 9.53 Å². The van der Waals surface area contributed by atoms with Crippen molar-refractivity contribution in [3.05, 3.63) is 58.7 Å². The van der Waals surface area contributed by atoms with E-state index in [2.05, 4.69) is 16.4 Å². The molecule has 3 aliphatic rings. The lowest BCUT2D eigenvalue weighted by Gasteiger charge is -2.33. The summed E-state index contributed by atoms with van der Waals surface area (Å²) in [5.74, 6) is 0.949. The SMILES string of the molecule is O=C([C@@H]1OCCc2ccccc21)N1CCc2nc([C@H]3CCCN3)ncc2C1. The van der Waals surface area contributed by atoms with Gasteiger partial charge < -0.3 is 15.0 Å². The zero-order valence-corrected chi connectivity index (χ0v) is 15.4. The van der Waals surface area contributed by atoms with Gasteiger partial charge in [0.25, 0.3) is 5.91 Å². The molecule has 6 nitrogen and oxygen atoms in total. The van der Waals surface area contributed by atoms with Crippen molar-refractivity contribution >= 4 is 5.91 Å². The molecular formula is C21H24N4O2. The predicted molar refractivity (Wildman–Crippen MR) is 100.0 cm³/mol. The Bertz CT molecular complexity index is 863. The lowest BCUT2D eigenvalue weighted by atomic mass is 9.96. The Morgan fingerprint density at radius 2 is 2.15 bits per heavy atom. The fourth-order valence-corrected chi connectivity index (χ4v) is 4.36. The molecule has 4 heterocycles. The number of carbonyl (C=O) groups is 1. The molecular weight excluding hydrogens is 340 g/mol. The van der Waals surface area contributed by atoms with E-state index in [-0.39, 0.29) is 11.9 Å². The molecule has 0 saturated carbocycles. The smallest absolute Gasteiger partial charge is 0.256 e. The fraction of sp³-hybridized carbons (Fsp3) is 0.476. The van der Waals surface area contributed by atoms with Crippen LogP contribution in [0.5, 0.6) is 0 Å². The standard InChI is InChI=1S/C21H24N4O2/c26-21(19-16-5-2-1-4-14(16)8-11-27-19)25-10-7-17-15(13-25)12-23-20(24-17)18-6-3-9-22-18/h1-2,4-5,12,18-19,22H,3,6-11,13H2/t18-,19-/m1/s1. The summed E-state index contributed by atoms with van der Waals surface area (Å²) in [6.07, 6.45) is 5.34. The van der Waals surface area contributed by atoms with Crippen LogP contribution < -0.4 is 5.32 Å². The number of rotatable bonds is 2. The van der Waals surface area contributed by atoms with E-state index >= 15 is 0 Å². The van der Waals surface area contributed by atoms with Crippen LogP contribution in [0.1, 0.15) is 53.2 Å². The molecule has 0 spiro atoms. The summed E-state index contributed by atoms with van der Waals surface area (Å²) in [6.45, 7) is 2.88. The van der Waals surface area contributed by atoms with Gasteiger partial charge in [-0.3, -0.25) is 4.79 Å². The van der Waals surface area contributed by atoms with Crippen LogP contribution in [0.15, 0.2) is 30.5 Å². The van der Waals surface area contributed by atoms with Crippen LogP contribution in [-0.4, -0.2) is 40.5 Å². The van der Waals surface area contributed by atoms with Crippen molar-refractivity contribution in [2.24, 2.45) is 0 Å². The molecule has 1 saturated heterocycles. The molecule has 0 unspecified atom stereocenters. The Labute approximate surface area is 159 Å². The number of fused-ring (bicyclic) bond motifs is 2. The minimum Gasteiger partial charge on any atom is -0.363 e. The van der Waals surface area contributed by atoms with E-state index in [0.29, 0.717) is 19.7 Å². The molecule has 27 heavy (non-hydrogen) atoms. The molecule has 0 bridgehead atoms. The average Bonchev–Trinajstić information content (AvgIpc) is 3.27. The number of carbonyl (C=O) groups excluding carboxylic acids is 1. The van der Waals surface area contributed by atoms with E-state index in [1.807, 2.05) is 29.3 Å². The lowest BCUT2D eigenvalue weighted by Crippen LogP contribution is -2.41. The summed E-state index contributed by atoms with van der Waals surface area (Å²) < 4.78 is 5.86. The number of aromatic nitrogens is 2. The number of nitrogens with zero attached hydrogens (tertiary/aromatic N) is 3. The molecule has 140 valence electrons. The highest BCUT2D eigenvalue weighted by atomic mass is 16.5. The number of benzene rings is 1. The van der Waals surface area contributed by atoms with Crippen LogP contribution in [0, 0.1) is 0 Å². The van der Waals surface area contributed by atoms with Crippen molar-refractivity contribution in [2.45, 2.75) is 44.4 Å². The van der Waals surface area contributed by atoms with Gasteiger partial charge in [-0.15, -0.1) is 0 Å². The van der Waals surface area contributed by atoms with Crippen molar-refractivity contribution in [1.29, 1.82) is 0 Å². The van der Waals surface area contributed by atoms with E-state index in [1.54, 1.807) is 0 Å². The summed E-state index contributed by atoms with van der Waals surface area (Å²) in [5.41, 5.74) is 4.37. The van der Waals surface area contributed by atoms with Crippen LogP contribution in [0.4, 0.5) is 0 Å². The summed E-state index contributed by atoms with van der Waals surface area (Å²) >= 11 is 0. The van der Waals surface area contributed by atoms with Gasteiger partial charge in [-0.05, 0) is 36.9 Å². The molecule has 6 heteroatoms. The van der Waals surface area contributed by atoms with Gasteiger partial charge in [0.1, 0.15) is 5.82 Å². The Balaban J connectivity index is 1.34. The molecule has 1 aromatic carbocycles. The number of hydrogen-bond acceptors (Lipinski definition) is 5. The molecule has 2 atom stereocenters. The van der Waals surface area contributed by atoms with Crippen LogP contribution in [0.3, 0.4) is 0 Å². The van der Waals surface area contributed by atoms with Gasteiger partial charge in [0.2, 0.25) is 0 Å². The monoisotopic (exact) mass is 364 g/mol. The van der Waals surface area contributed by atoms with Gasteiger partial charge in [-0.2, -0.15) is 0 Å². The molecule has 3 aliphatic heterocycles. The van der Waals surface area contributed by atoms with Crippen molar-refractivity contribution in [2.75, 3.05) is 19.7 Å². The van der Waals surface area contributed by atoms with Crippen molar-refractivity contribution in [1.82, 2.24) is 20.2 Å². The molecule has 0 radical (unpaired) electrons. The molecule has 2 aromatic rings. The van der Waals surface area contributed by atoms with Crippen LogP contribution in [0.2, 0.25) is 0 Å². The minimum absolute atomic E-state index is 0.0503. The fourth-order valence-electron chi connectivity index (χ4n) is 4.36. The highest BCUT2D eigenvalue weighted by Gasteiger charge is 2.33. The Morgan fingerprint density at radius 3 is 3.04 bits per heavy atom. The second kappa shape index (κ2) is 7.02. The van der Waals surface area contributed by atoms with E-state index in [0.717, 1.165) is 48.5 Å². The zero-order chi connectivity index (χ0) is 18.2. The van der Waals surface area contributed by atoms with Gasteiger partial charge in [0, 0.05) is 31.3 Å². The maximum Gasteiger partial charge on any atom is 0.256 e. The molecule has 1 amide bonds. The van der Waals surface area contributed by atoms with Gasteiger partial charge in [-0.1, -0.05) is 24.3 Å². The number of hydrogen-bond donors (Lipinski definition) is 1. The van der Waals surface area contributed by atoms with E-state index in [4.69, 9.17) is 9.72 Å². The van der Waals surface area contributed by atoms with Crippen LogP contribution in [0.25, 0.3) is 0 Å². The largest absolute Gasteiger partial charge is 0.363 e. The topological polar surface area (TPSA) is 67.3 Å². The van der Waals surface area contributed by atoms with E-state index in [9.17, 15) is 4.79 Å². The van der Waals surface area contributed by atoms with E-state index < -0.39 is 6.10 Å². The second-order valence-electron chi connectivity index (χ2n) is 7.56. The van der Waals surface area contributed by atoms with Crippen LogP contribution in [-0.2, 0) is 28.9 Å². The lowest BCUT2D eigenvalue weighted by molar-refractivity contribution is -0.146.